The first-order chi connectivity index (χ1) is 14.5. The molecule has 0 radical (unpaired) electrons. The fraction of sp³-hybridized carbons (Fsp3) is 0.375. The Labute approximate surface area is 176 Å². The lowest BCUT2D eigenvalue weighted by Crippen LogP contribution is -2.25. The second kappa shape index (κ2) is 8.79. The molecule has 30 heavy (non-hydrogen) atoms. The number of aryl methyl sites for hydroxylation is 1. The van der Waals surface area contributed by atoms with E-state index in [1.165, 1.54) is 5.56 Å². The van der Waals surface area contributed by atoms with Crippen LogP contribution in [0.2, 0.25) is 0 Å². The number of nitrogens with zero attached hydrogens (tertiary/aromatic N) is 3. The lowest BCUT2D eigenvalue weighted by molar-refractivity contribution is -0.116. The number of amides is 1. The Morgan fingerprint density at radius 2 is 1.83 bits per heavy atom. The molecular weight excluding hydrogens is 376 g/mol. The van der Waals surface area contributed by atoms with E-state index in [9.17, 15) is 9.59 Å². The van der Waals surface area contributed by atoms with Gasteiger partial charge >= 0.3 is 0 Å². The first-order valence-electron chi connectivity index (χ1n) is 10.5. The third kappa shape index (κ3) is 4.76. The van der Waals surface area contributed by atoms with Crippen molar-refractivity contribution in [2.75, 3.05) is 26.0 Å². The topological polar surface area (TPSA) is 67.2 Å². The third-order valence-corrected chi connectivity index (χ3v) is 5.45. The van der Waals surface area contributed by atoms with Gasteiger partial charge in [-0.05, 0) is 63.2 Å². The van der Waals surface area contributed by atoms with Gasteiger partial charge in [0.15, 0.2) is 0 Å². The molecule has 1 fully saturated rings. The van der Waals surface area contributed by atoms with Crippen molar-refractivity contribution in [3.63, 3.8) is 0 Å². The lowest BCUT2D eigenvalue weighted by Gasteiger charge is -2.13. The average molecular weight is 405 g/mol. The lowest BCUT2D eigenvalue weighted by atomic mass is 10.1. The fourth-order valence-electron chi connectivity index (χ4n) is 3.63. The summed E-state index contributed by atoms with van der Waals surface area (Å²) in [6.07, 6.45) is 3.72. The number of rotatable bonds is 8. The zero-order chi connectivity index (χ0) is 21.1. The summed E-state index contributed by atoms with van der Waals surface area (Å²) in [7, 11) is 4.11. The largest absolute Gasteiger partial charge is 0.326 e. The number of para-hydroxylation sites is 1. The molecule has 1 aliphatic carbocycles. The summed E-state index contributed by atoms with van der Waals surface area (Å²) in [5, 5.41) is 3.60. The highest BCUT2D eigenvalue weighted by atomic mass is 16.1. The summed E-state index contributed by atoms with van der Waals surface area (Å²) in [5.74, 6) is 0.635. The van der Waals surface area contributed by atoms with Crippen LogP contribution in [0.3, 0.4) is 0 Å². The van der Waals surface area contributed by atoms with Crippen LogP contribution in [0.25, 0.3) is 10.9 Å². The molecule has 0 unspecified atom stereocenters. The Morgan fingerprint density at radius 1 is 1.10 bits per heavy atom. The molecule has 0 saturated heterocycles. The van der Waals surface area contributed by atoms with Crippen LogP contribution in [0.1, 0.15) is 36.7 Å². The van der Waals surface area contributed by atoms with Gasteiger partial charge in [-0.25, -0.2) is 4.98 Å². The van der Waals surface area contributed by atoms with Gasteiger partial charge in [-0.3, -0.25) is 14.2 Å². The molecule has 1 amide bonds. The highest BCUT2D eigenvalue weighted by Crippen LogP contribution is 2.34. The third-order valence-electron chi connectivity index (χ3n) is 5.45. The average Bonchev–Trinajstić information content (AvgIpc) is 3.57. The van der Waals surface area contributed by atoms with Gasteiger partial charge < -0.3 is 10.2 Å². The van der Waals surface area contributed by atoms with Crippen molar-refractivity contribution in [2.45, 2.75) is 38.1 Å². The molecule has 1 aliphatic rings. The van der Waals surface area contributed by atoms with E-state index in [0.717, 1.165) is 31.5 Å². The van der Waals surface area contributed by atoms with Gasteiger partial charge in [0.1, 0.15) is 5.82 Å². The van der Waals surface area contributed by atoms with Crippen molar-refractivity contribution in [3.8, 4) is 0 Å². The van der Waals surface area contributed by atoms with E-state index < -0.39 is 0 Å². The zero-order valence-corrected chi connectivity index (χ0v) is 17.6. The summed E-state index contributed by atoms with van der Waals surface area (Å²) >= 11 is 0. The van der Waals surface area contributed by atoms with Crippen LogP contribution in [-0.4, -0.2) is 41.0 Å². The Morgan fingerprint density at radius 3 is 2.53 bits per heavy atom. The normalized spacial score (nSPS) is 13.7. The number of hydrogen-bond donors (Lipinski definition) is 1. The Kier molecular flexibility index (Phi) is 5.95. The molecule has 1 aromatic heterocycles. The van der Waals surface area contributed by atoms with Crippen molar-refractivity contribution in [3.05, 3.63) is 70.3 Å². The molecule has 0 bridgehead atoms. The van der Waals surface area contributed by atoms with Crippen LogP contribution in [0.4, 0.5) is 5.69 Å². The Hall–Kier alpha value is -2.99. The van der Waals surface area contributed by atoms with E-state index in [1.807, 2.05) is 36.4 Å². The molecule has 6 nitrogen and oxygen atoms in total. The number of aromatic nitrogens is 2. The molecule has 3 aromatic rings. The first-order valence-corrected chi connectivity index (χ1v) is 10.5. The minimum absolute atomic E-state index is 0.00632. The van der Waals surface area contributed by atoms with Crippen LogP contribution in [0.15, 0.2) is 53.3 Å². The van der Waals surface area contributed by atoms with Gasteiger partial charge in [0.2, 0.25) is 5.91 Å². The van der Waals surface area contributed by atoms with Gasteiger partial charge in [-0.2, -0.15) is 0 Å². The molecule has 1 saturated carbocycles. The van der Waals surface area contributed by atoms with Crippen molar-refractivity contribution in [1.29, 1.82) is 0 Å². The molecule has 156 valence electrons. The van der Waals surface area contributed by atoms with Gasteiger partial charge in [0.25, 0.3) is 5.56 Å². The number of benzene rings is 2. The summed E-state index contributed by atoms with van der Waals surface area (Å²) in [4.78, 5) is 32.3. The van der Waals surface area contributed by atoms with Crippen LogP contribution in [-0.2, 0) is 17.6 Å². The van der Waals surface area contributed by atoms with E-state index in [0.29, 0.717) is 29.6 Å². The molecule has 0 spiro atoms. The fourth-order valence-corrected chi connectivity index (χ4v) is 3.63. The molecule has 0 atom stereocenters. The standard InChI is InChI=1S/C24H28N4O2/c1-27(2)16-15-17-7-9-18(10-8-17)25-23(29)14-13-22-26-21-6-4-3-5-20(21)24(30)28(22)19-11-12-19/h3-10,19H,11-16H2,1-2H3,(H,25,29). The monoisotopic (exact) mass is 404 g/mol. The van der Waals surface area contributed by atoms with Crippen LogP contribution in [0.5, 0.6) is 0 Å². The van der Waals surface area contributed by atoms with Crippen molar-refractivity contribution in [1.82, 2.24) is 14.5 Å². The SMILES string of the molecule is CN(C)CCc1ccc(NC(=O)CCc2nc3ccccc3c(=O)n2C2CC2)cc1. The van der Waals surface area contributed by atoms with E-state index in [2.05, 4.69) is 36.4 Å². The van der Waals surface area contributed by atoms with E-state index in [4.69, 9.17) is 4.98 Å². The maximum absolute atomic E-state index is 12.9. The second-order valence-electron chi connectivity index (χ2n) is 8.25. The molecular formula is C24H28N4O2. The molecule has 6 heteroatoms. The molecule has 1 heterocycles. The number of anilines is 1. The zero-order valence-electron chi connectivity index (χ0n) is 17.6. The van der Waals surface area contributed by atoms with Crippen molar-refractivity contribution in [2.24, 2.45) is 0 Å². The highest BCUT2D eigenvalue weighted by molar-refractivity contribution is 5.90. The maximum atomic E-state index is 12.9. The number of carbonyl (C=O) groups is 1. The van der Waals surface area contributed by atoms with Gasteiger partial charge in [-0.1, -0.05) is 24.3 Å². The van der Waals surface area contributed by atoms with Gasteiger partial charge in [0, 0.05) is 31.1 Å². The number of carbonyl (C=O) groups excluding carboxylic acids is 1. The summed E-state index contributed by atoms with van der Waals surface area (Å²) in [6, 6.07) is 15.6. The summed E-state index contributed by atoms with van der Waals surface area (Å²) < 4.78 is 1.80. The minimum Gasteiger partial charge on any atom is -0.326 e. The number of fused-ring (bicyclic) bond motifs is 1. The van der Waals surface area contributed by atoms with Crippen LogP contribution < -0.4 is 10.9 Å². The second-order valence-corrected chi connectivity index (χ2v) is 8.25. The number of likely N-dealkylation sites (N-methyl/N-ethyl adjacent to an activating group) is 1. The molecule has 2 aromatic carbocycles. The maximum Gasteiger partial charge on any atom is 0.261 e. The van der Waals surface area contributed by atoms with Crippen molar-refractivity contribution >= 4 is 22.5 Å². The van der Waals surface area contributed by atoms with Crippen molar-refractivity contribution < 1.29 is 4.79 Å². The predicted molar refractivity (Wildman–Crippen MR) is 120 cm³/mol. The number of nitrogens with one attached hydrogen (secondary N) is 1. The quantitative estimate of drug-likeness (QED) is 0.625. The minimum atomic E-state index is -0.0687. The number of hydrogen-bond acceptors (Lipinski definition) is 4. The van der Waals surface area contributed by atoms with E-state index >= 15 is 0 Å². The van der Waals surface area contributed by atoms with Crippen LogP contribution >= 0.6 is 0 Å². The van der Waals surface area contributed by atoms with Gasteiger partial charge in [-0.15, -0.1) is 0 Å². The molecule has 4 rings (SSSR count). The van der Waals surface area contributed by atoms with E-state index in [1.54, 1.807) is 4.57 Å². The highest BCUT2D eigenvalue weighted by Gasteiger charge is 2.28. The molecule has 1 N–H and O–H groups in total. The summed E-state index contributed by atoms with van der Waals surface area (Å²) in [5.41, 5.74) is 2.74. The molecule has 0 aliphatic heterocycles. The first kappa shape index (κ1) is 20.3. The predicted octanol–water partition coefficient (Wildman–Crippen LogP) is 3.41. The van der Waals surface area contributed by atoms with Gasteiger partial charge in [0.05, 0.1) is 10.9 Å². The Balaban J connectivity index is 1.42. The summed E-state index contributed by atoms with van der Waals surface area (Å²) in [6.45, 7) is 0.993. The van der Waals surface area contributed by atoms with E-state index in [-0.39, 0.29) is 17.5 Å². The smallest absolute Gasteiger partial charge is 0.261 e. The van der Waals surface area contributed by atoms with Crippen LogP contribution in [0, 0.1) is 0 Å². The Bertz CT molecular complexity index is 1100.